The van der Waals surface area contributed by atoms with Gasteiger partial charge in [0.1, 0.15) is 16.1 Å². The molecule has 0 spiro atoms. The molecule has 4 amide bonds. The first kappa shape index (κ1) is 27.9. The van der Waals surface area contributed by atoms with Gasteiger partial charge in [-0.15, -0.1) is 11.3 Å². The Kier molecular flexibility index (Phi) is 8.94. The number of nitrogens with zero attached hydrogens (tertiary/aromatic N) is 2. The van der Waals surface area contributed by atoms with E-state index in [1.807, 2.05) is 0 Å². The predicted molar refractivity (Wildman–Crippen MR) is 134 cm³/mol. The molecule has 2 aromatic rings. The maximum Gasteiger partial charge on any atom is 0.317 e. The molecule has 1 aromatic heterocycles. The first-order valence-corrected chi connectivity index (χ1v) is 14.2. The van der Waals surface area contributed by atoms with E-state index in [1.165, 1.54) is 23.1 Å². The standard InChI is InChI=1S/C23H28FN5O7S2/c24-16-6-4-15(5-7-16)18-8-9-21(37-18)38(33,34)29-11-10-28(23(32)26-13-19(25)30)14-17(29)22(31)27-36-20-3-1-2-12-35-20/h4-9,17,20H,1-3,10-14H2,(H2,25,30)(H,26,32)(H,27,31). The number of carbonyl (C=O) groups excluding carboxylic acids is 3. The van der Waals surface area contributed by atoms with Gasteiger partial charge in [0.25, 0.3) is 15.9 Å². The molecule has 206 valence electrons. The molecule has 4 rings (SSSR count). The number of ether oxygens (including phenoxy) is 1. The fourth-order valence-electron chi connectivity index (χ4n) is 4.07. The van der Waals surface area contributed by atoms with Crippen molar-refractivity contribution in [2.24, 2.45) is 5.73 Å². The van der Waals surface area contributed by atoms with Crippen LogP contribution in [0.25, 0.3) is 10.4 Å². The van der Waals surface area contributed by atoms with Crippen LogP contribution in [0, 0.1) is 5.82 Å². The molecule has 0 bridgehead atoms. The molecule has 4 N–H and O–H groups in total. The van der Waals surface area contributed by atoms with E-state index in [2.05, 4.69) is 10.8 Å². The summed E-state index contributed by atoms with van der Waals surface area (Å²) in [5.74, 6) is -1.93. The Bertz CT molecular complexity index is 1270. The van der Waals surface area contributed by atoms with E-state index in [-0.39, 0.29) is 23.8 Å². The number of nitrogens with one attached hydrogen (secondary N) is 2. The molecule has 0 aliphatic carbocycles. The van der Waals surface area contributed by atoms with Crippen LogP contribution < -0.4 is 16.5 Å². The molecular weight excluding hydrogens is 541 g/mol. The van der Waals surface area contributed by atoms with Gasteiger partial charge in [-0.3, -0.25) is 9.59 Å². The number of halogens is 1. The number of amides is 4. The second-order valence-corrected chi connectivity index (χ2v) is 11.9. The third kappa shape index (κ3) is 6.66. The van der Waals surface area contributed by atoms with Crippen LogP contribution in [0.3, 0.4) is 0 Å². The van der Waals surface area contributed by atoms with Crippen LogP contribution >= 0.6 is 11.3 Å². The maximum absolute atomic E-state index is 13.6. The van der Waals surface area contributed by atoms with Crippen LogP contribution in [0.4, 0.5) is 9.18 Å². The number of urea groups is 1. The van der Waals surface area contributed by atoms with Crippen LogP contribution in [0.2, 0.25) is 0 Å². The minimum atomic E-state index is -4.17. The summed E-state index contributed by atoms with van der Waals surface area (Å²) in [7, 11) is -4.17. The number of hydroxylamine groups is 1. The zero-order chi connectivity index (χ0) is 27.3. The molecule has 2 aliphatic heterocycles. The maximum atomic E-state index is 13.6. The van der Waals surface area contributed by atoms with E-state index in [0.29, 0.717) is 23.5 Å². The fraction of sp³-hybridized carbons (Fsp3) is 0.435. The van der Waals surface area contributed by atoms with E-state index in [1.54, 1.807) is 18.2 Å². The number of hydrogen-bond acceptors (Lipinski definition) is 8. The smallest absolute Gasteiger partial charge is 0.317 e. The Labute approximate surface area is 222 Å². The molecule has 2 saturated heterocycles. The number of sulfonamides is 1. The molecule has 2 atom stereocenters. The molecule has 1 aromatic carbocycles. The van der Waals surface area contributed by atoms with Crippen molar-refractivity contribution in [3.63, 3.8) is 0 Å². The topological polar surface area (TPSA) is 160 Å². The fourth-order valence-corrected chi connectivity index (χ4v) is 7.08. The van der Waals surface area contributed by atoms with Crippen LogP contribution in [0.15, 0.2) is 40.6 Å². The number of primary amides is 1. The van der Waals surface area contributed by atoms with Gasteiger partial charge in [-0.05, 0) is 42.7 Å². The van der Waals surface area contributed by atoms with Gasteiger partial charge in [0, 0.05) is 37.5 Å². The lowest BCUT2D eigenvalue weighted by Gasteiger charge is -2.39. The molecule has 0 saturated carbocycles. The summed E-state index contributed by atoms with van der Waals surface area (Å²) in [5.41, 5.74) is 8.01. The van der Waals surface area contributed by atoms with Crippen LogP contribution in [-0.4, -0.2) is 80.6 Å². The number of carbonyl (C=O) groups is 3. The molecule has 2 unspecified atom stereocenters. The highest BCUT2D eigenvalue weighted by Crippen LogP contribution is 2.33. The van der Waals surface area contributed by atoms with Crippen molar-refractivity contribution in [3.8, 4) is 10.4 Å². The Morgan fingerprint density at radius 1 is 1.13 bits per heavy atom. The normalized spacial score (nSPS) is 20.6. The van der Waals surface area contributed by atoms with E-state index in [4.69, 9.17) is 15.3 Å². The summed E-state index contributed by atoms with van der Waals surface area (Å²) in [6.07, 6.45) is 1.63. The van der Waals surface area contributed by atoms with Crippen molar-refractivity contribution in [2.75, 3.05) is 32.8 Å². The lowest BCUT2D eigenvalue weighted by atomic mass is 10.2. The first-order valence-electron chi connectivity index (χ1n) is 11.9. The Morgan fingerprint density at radius 3 is 2.58 bits per heavy atom. The average molecular weight is 570 g/mol. The van der Waals surface area contributed by atoms with Crippen molar-refractivity contribution in [1.29, 1.82) is 0 Å². The SMILES string of the molecule is NC(=O)CNC(=O)N1CCN(S(=O)(=O)c2ccc(-c3ccc(F)cc3)s2)C(C(=O)NOC2CCCCO2)C1. The first-order chi connectivity index (χ1) is 18.1. The highest BCUT2D eigenvalue weighted by Gasteiger charge is 2.42. The predicted octanol–water partition coefficient (Wildman–Crippen LogP) is 0.998. The molecule has 15 heteroatoms. The van der Waals surface area contributed by atoms with Gasteiger partial charge in [-0.2, -0.15) is 4.31 Å². The second kappa shape index (κ2) is 12.2. The lowest BCUT2D eigenvalue weighted by Crippen LogP contribution is -2.62. The van der Waals surface area contributed by atoms with Crippen molar-refractivity contribution in [2.45, 2.75) is 35.8 Å². The Balaban J connectivity index is 1.54. The van der Waals surface area contributed by atoms with Gasteiger partial charge < -0.3 is 20.7 Å². The van der Waals surface area contributed by atoms with E-state index < -0.39 is 52.6 Å². The highest BCUT2D eigenvalue weighted by molar-refractivity contribution is 7.91. The number of thiophene rings is 1. The van der Waals surface area contributed by atoms with Gasteiger partial charge in [0.05, 0.1) is 6.54 Å². The number of benzene rings is 1. The summed E-state index contributed by atoms with van der Waals surface area (Å²) in [6.45, 7) is -0.435. The zero-order valence-electron chi connectivity index (χ0n) is 20.3. The van der Waals surface area contributed by atoms with Crippen LogP contribution in [-0.2, 0) is 29.2 Å². The van der Waals surface area contributed by atoms with Crippen LogP contribution in [0.1, 0.15) is 19.3 Å². The largest absolute Gasteiger partial charge is 0.368 e. The second-order valence-electron chi connectivity index (χ2n) is 8.71. The summed E-state index contributed by atoms with van der Waals surface area (Å²) in [6, 6.07) is 6.69. The molecule has 3 heterocycles. The minimum Gasteiger partial charge on any atom is -0.368 e. The summed E-state index contributed by atoms with van der Waals surface area (Å²) in [4.78, 5) is 43.9. The van der Waals surface area contributed by atoms with E-state index in [0.717, 1.165) is 28.5 Å². The highest BCUT2D eigenvalue weighted by atomic mass is 32.2. The molecule has 2 fully saturated rings. The number of piperazine rings is 1. The van der Waals surface area contributed by atoms with Gasteiger partial charge in [-0.25, -0.2) is 27.9 Å². The third-order valence-electron chi connectivity index (χ3n) is 6.04. The molecular formula is C23H28FN5O7S2. The lowest BCUT2D eigenvalue weighted by molar-refractivity contribution is -0.202. The molecule has 0 radical (unpaired) electrons. The minimum absolute atomic E-state index is 0.0159. The van der Waals surface area contributed by atoms with Crippen molar-refractivity contribution in [1.82, 2.24) is 20.0 Å². The van der Waals surface area contributed by atoms with Gasteiger partial charge >= 0.3 is 6.03 Å². The van der Waals surface area contributed by atoms with Gasteiger partial charge in [-0.1, -0.05) is 12.1 Å². The van der Waals surface area contributed by atoms with Crippen molar-refractivity contribution < 1.29 is 36.8 Å². The third-order valence-corrected chi connectivity index (χ3v) is 9.55. The molecule has 38 heavy (non-hydrogen) atoms. The zero-order valence-corrected chi connectivity index (χ0v) is 21.9. The average Bonchev–Trinajstić information content (AvgIpc) is 3.42. The van der Waals surface area contributed by atoms with E-state index in [9.17, 15) is 27.2 Å². The van der Waals surface area contributed by atoms with Gasteiger partial charge in [0.2, 0.25) is 5.91 Å². The summed E-state index contributed by atoms with van der Waals surface area (Å²) < 4.78 is 47.0. The van der Waals surface area contributed by atoms with E-state index >= 15 is 0 Å². The number of rotatable bonds is 8. The van der Waals surface area contributed by atoms with Crippen molar-refractivity contribution >= 4 is 39.2 Å². The Hall–Kier alpha value is -3.11. The summed E-state index contributed by atoms with van der Waals surface area (Å²) >= 11 is 0.981. The van der Waals surface area contributed by atoms with Crippen molar-refractivity contribution in [3.05, 3.63) is 42.2 Å². The molecule has 12 nitrogen and oxygen atoms in total. The summed E-state index contributed by atoms with van der Waals surface area (Å²) in [5, 5.41) is 2.34. The van der Waals surface area contributed by atoms with Gasteiger partial charge in [0.15, 0.2) is 6.29 Å². The van der Waals surface area contributed by atoms with Crippen LogP contribution in [0.5, 0.6) is 0 Å². The molecule has 2 aliphatic rings. The quantitative estimate of drug-likeness (QED) is 0.400. The monoisotopic (exact) mass is 569 g/mol. The number of hydrogen-bond donors (Lipinski definition) is 3. The number of nitrogens with two attached hydrogens (primary N) is 1. The Morgan fingerprint density at radius 2 is 1.89 bits per heavy atom.